The lowest BCUT2D eigenvalue weighted by Crippen LogP contribution is -2.31. The van der Waals surface area contributed by atoms with Crippen LogP contribution in [0.15, 0.2) is 42.6 Å². The fourth-order valence-electron chi connectivity index (χ4n) is 2.07. The molecule has 0 saturated carbocycles. The lowest BCUT2D eigenvalue weighted by molar-refractivity contribution is -0.141. The minimum absolute atomic E-state index is 0.121. The van der Waals surface area contributed by atoms with E-state index >= 15 is 0 Å². The standard InChI is InChI=1S/C15H16F3N3O/c1-10(11-5-3-2-4-6-11)12(9-22)20-14-19-8-7-13(21-14)15(16,17)18/h2-8,10,12,22H,9H2,1H3,(H,19,20,21). The van der Waals surface area contributed by atoms with E-state index in [4.69, 9.17) is 0 Å². The fraction of sp³-hybridized carbons (Fsp3) is 0.333. The van der Waals surface area contributed by atoms with E-state index in [0.717, 1.165) is 17.8 Å². The van der Waals surface area contributed by atoms with Crippen molar-refractivity contribution in [2.24, 2.45) is 0 Å². The third-order valence-electron chi connectivity index (χ3n) is 3.39. The Morgan fingerprint density at radius 3 is 2.45 bits per heavy atom. The molecule has 2 N–H and O–H groups in total. The fourth-order valence-corrected chi connectivity index (χ4v) is 2.07. The Morgan fingerprint density at radius 2 is 1.86 bits per heavy atom. The number of nitrogens with zero attached hydrogens (tertiary/aromatic N) is 2. The topological polar surface area (TPSA) is 58.0 Å². The highest BCUT2D eigenvalue weighted by Crippen LogP contribution is 2.28. The summed E-state index contributed by atoms with van der Waals surface area (Å²) < 4.78 is 37.9. The first kappa shape index (κ1) is 16.2. The molecule has 1 heterocycles. The molecule has 2 unspecified atom stereocenters. The lowest BCUT2D eigenvalue weighted by Gasteiger charge is -2.23. The summed E-state index contributed by atoms with van der Waals surface area (Å²) >= 11 is 0. The van der Waals surface area contributed by atoms with Gasteiger partial charge in [-0.25, -0.2) is 9.97 Å². The van der Waals surface area contributed by atoms with Gasteiger partial charge in [-0.3, -0.25) is 0 Å². The smallest absolute Gasteiger partial charge is 0.394 e. The Morgan fingerprint density at radius 1 is 1.18 bits per heavy atom. The van der Waals surface area contributed by atoms with Gasteiger partial charge in [0.1, 0.15) is 5.69 Å². The summed E-state index contributed by atoms with van der Waals surface area (Å²) in [6.07, 6.45) is -3.49. The van der Waals surface area contributed by atoms with E-state index in [1.54, 1.807) is 0 Å². The van der Waals surface area contributed by atoms with Gasteiger partial charge in [0.2, 0.25) is 5.95 Å². The average molecular weight is 311 g/mol. The first-order valence-corrected chi connectivity index (χ1v) is 6.74. The largest absolute Gasteiger partial charge is 0.433 e. The number of aliphatic hydroxyl groups is 1. The quantitative estimate of drug-likeness (QED) is 0.891. The van der Waals surface area contributed by atoms with Gasteiger partial charge in [-0.15, -0.1) is 0 Å². The van der Waals surface area contributed by atoms with Crippen molar-refractivity contribution in [2.45, 2.75) is 25.1 Å². The van der Waals surface area contributed by atoms with Gasteiger partial charge in [-0.05, 0) is 11.6 Å². The van der Waals surface area contributed by atoms with Crippen LogP contribution in [0.5, 0.6) is 0 Å². The van der Waals surface area contributed by atoms with Crippen molar-refractivity contribution in [1.29, 1.82) is 0 Å². The van der Waals surface area contributed by atoms with Crippen molar-refractivity contribution in [3.8, 4) is 0 Å². The number of halogens is 3. The van der Waals surface area contributed by atoms with Crippen molar-refractivity contribution in [3.63, 3.8) is 0 Å². The van der Waals surface area contributed by atoms with Gasteiger partial charge in [0.15, 0.2) is 0 Å². The van der Waals surface area contributed by atoms with E-state index < -0.39 is 17.9 Å². The first-order chi connectivity index (χ1) is 10.4. The Hall–Kier alpha value is -2.15. The molecule has 0 aliphatic rings. The van der Waals surface area contributed by atoms with E-state index in [1.165, 1.54) is 0 Å². The summed E-state index contributed by atoms with van der Waals surface area (Å²) in [6.45, 7) is 1.62. The molecule has 1 aromatic carbocycles. The number of aromatic nitrogens is 2. The number of hydrogen-bond donors (Lipinski definition) is 2. The van der Waals surface area contributed by atoms with E-state index in [2.05, 4.69) is 15.3 Å². The summed E-state index contributed by atoms with van der Waals surface area (Å²) in [6, 6.07) is 9.69. The monoisotopic (exact) mass is 311 g/mol. The summed E-state index contributed by atoms with van der Waals surface area (Å²) in [5, 5.41) is 12.3. The molecule has 0 saturated heterocycles. The molecule has 7 heteroatoms. The van der Waals surface area contributed by atoms with Crippen LogP contribution >= 0.6 is 0 Å². The van der Waals surface area contributed by atoms with Crippen LogP contribution in [0.4, 0.5) is 19.1 Å². The predicted octanol–water partition coefficient (Wildman–Crippen LogP) is 3.07. The molecule has 118 valence electrons. The van der Waals surface area contributed by atoms with Crippen molar-refractivity contribution in [3.05, 3.63) is 53.9 Å². The molecule has 0 radical (unpaired) electrons. The second-order valence-corrected chi connectivity index (χ2v) is 4.90. The van der Waals surface area contributed by atoms with Crippen LogP contribution in [0.2, 0.25) is 0 Å². The lowest BCUT2D eigenvalue weighted by atomic mass is 9.94. The van der Waals surface area contributed by atoms with E-state index in [9.17, 15) is 18.3 Å². The highest BCUT2D eigenvalue weighted by molar-refractivity contribution is 5.31. The van der Waals surface area contributed by atoms with E-state index in [0.29, 0.717) is 0 Å². The van der Waals surface area contributed by atoms with Crippen LogP contribution < -0.4 is 5.32 Å². The van der Waals surface area contributed by atoms with Crippen LogP contribution in [0.3, 0.4) is 0 Å². The molecule has 2 atom stereocenters. The zero-order chi connectivity index (χ0) is 16.2. The maximum absolute atomic E-state index is 12.6. The number of anilines is 1. The maximum Gasteiger partial charge on any atom is 0.433 e. The zero-order valence-electron chi connectivity index (χ0n) is 11.9. The normalized spacial score (nSPS) is 14.4. The maximum atomic E-state index is 12.6. The second kappa shape index (κ2) is 6.74. The summed E-state index contributed by atoms with van der Waals surface area (Å²) in [5.74, 6) is -0.277. The third-order valence-corrected chi connectivity index (χ3v) is 3.39. The SMILES string of the molecule is CC(c1ccccc1)C(CO)Nc1nccc(C(F)(F)F)n1. The highest BCUT2D eigenvalue weighted by atomic mass is 19.4. The summed E-state index contributed by atoms with van der Waals surface area (Å²) in [5.41, 5.74) is -0.0601. The molecular weight excluding hydrogens is 295 g/mol. The average Bonchev–Trinajstić information content (AvgIpc) is 2.52. The van der Waals surface area contributed by atoms with E-state index in [1.807, 2.05) is 37.3 Å². The molecule has 4 nitrogen and oxygen atoms in total. The molecule has 1 aromatic heterocycles. The molecule has 0 aliphatic carbocycles. The van der Waals surface area contributed by atoms with E-state index in [-0.39, 0.29) is 18.5 Å². The first-order valence-electron chi connectivity index (χ1n) is 6.74. The van der Waals surface area contributed by atoms with Crippen molar-refractivity contribution in [2.75, 3.05) is 11.9 Å². The van der Waals surface area contributed by atoms with Crippen molar-refractivity contribution >= 4 is 5.95 Å². The minimum atomic E-state index is -4.53. The number of aliphatic hydroxyl groups excluding tert-OH is 1. The number of nitrogens with one attached hydrogen (secondary N) is 1. The van der Waals surface area contributed by atoms with Crippen LogP contribution in [-0.2, 0) is 6.18 Å². The minimum Gasteiger partial charge on any atom is -0.394 e. The van der Waals surface area contributed by atoms with Crippen LogP contribution in [-0.4, -0.2) is 27.7 Å². The van der Waals surface area contributed by atoms with Gasteiger partial charge in [-0.1, -0.05) is 37.3 Å². The van der Waals surface area contributed by atoms with Gasteiger partial charge < -0.3 is 10.4 Å². The van der Waals surface area contributed by atoms with Crippen molar-refractivity contribution < 1.29 is 18.3 Å². The number of rotatable bonds is 5. The predicted molar refractivity (Wildman–Crippen MR) is 76.4 cm³/mol. The Labute approximate surface area is 126 Å². The zero-order valence-corrected chi connectivity index (χ0v) is 11.9. The molecule has 2 rings (SSSR count). The number of hydrogen-bond acceptors (Lipinski definition) is 4. The van der Waals surface area contributed by atoms with Gasteiger partial charge >= 0.3 is 6.18 Å². The molecule has 0 spiro atoms. The third kappa shape index (κ3) is 3.94. The number of alkyl halides is 3. The molecule has 2 aromatic rings. The van der Waals surface area contributed by atoms with Gasteiger partial charge in [-0.2, -0.15) is 13.2 Å². The molecular formula is C15H16F3N3O. The Bertz CT molecular complexity index is 604. The molecule has 0 amide bonds. The van der Waals surface area contributed by atoms with Crippen molar-refractivity contribution in [1.82, 2.24) is 9.97 Å². The summed E-state index contributed by atoms with van der Waals surface area (Å²) in [7, 11) is 0. The van der Waals surface area contributed by atoms with Gasteiger partial charge in [0, 0.05) is 12.1 Å². The number of benzene rings is 1. The Kier molecular flexibility index (Phi) is 4.97. The Balaban J connectivity index is 2.17. The second-order valence-electron chi connectivity index (χ2n) is 4.90. The molecule has 0 bridgehead atoms. The van der Waals surface area contributed by atoms with Gasteiger partial charge in [0.05, 0.1) is 12.6 Å². The summed E-state index contributed by atoms with van der Waals surface area (Å²) in [4.78, 5) is 7.23. The highest BCUT2D eigenvalue weighted by Gasteiger charge is 2.33. The van der Waals surface area contributed by atoms with Crippen LogP contribution in [0.25, 0.3) is 0 Å². The van der Waals surface area contributed by atoms with Crippen LogP contribution in [0, 0.1) is 0 Å². The van der Waals surface area contributed by atoms with Crippen LogP contribution in [0.1, 0.15) is 24.1 Å². The molecule has 22 heavy (non-hydrogen) atoms. The van der Waals surface area contributed by atoms with Gasteiger partial charge in [0.25, 0.3) is 0 Å². The molecule has 0 aliphatic heterocycles. The molecule has 0 fully saturated rings.